The van der Waals surface area contributed by atoms with Crippen molar-refractivity contribution in [3.8, 4) is 11.3 Å². The van der Waals surface area contributed by atoms with Crippen LogP contribution in [-0.2, 0) is 6.54 Å². The van der Waals surface area contributed by atoms with E-state index in [4.69, 9.17) is 0 Å². The average Bonchev–Trinajstić information content (AvgIpc) is 3.27. The number of halogens is 1. The molecule has 0 aromatic carbocycles. The van der Waals surface area contributed by atoms with Gasteiger partial charge in [0.15, 0.2) is 0 Å². The van der Waals surface area contributed by atoms with Crippen molar-refractivity contribution in [1.82, 2.24) is 19.7 Å². The summed E-state index contributed by atoms with van der Waals surface area (Å²) >= 11 is 0. The molecule has 158 valence electrons. The van der Waals surface area contributed by atoms with Crippen molar-refractivity contribution in [2.45, 2.75) is 33.7 Å². The standard InChI is InChI=1S/C22H27FN6O/c1-5-7-18(14-24-4)28-15-19-12-20(26-29(19)22(28)30)17-11-16(3)21(25-13-17)27(9-6-2)10-8-23/h5,7,11-14H,4,6,8-10,15H2,1-3H3/b7-5-,18-14+. The maximum Gasteiger partial charge on any atom is 0.349 e. The monoisotopic (exact) mass is 410 g/mol. The SMILES string of the molecule is C=N/C=C(\C=C/C)N1Cc2cc(-c3cnc(N(CCC)CCF)c(C)c3)nn2C1=O. The van der Waals surface area contributed by atoms with Crippen LogP contribution in [0.2, 0.25) is 0 Å². The lowest BCUT2D eigenvalue weighted by Gasteiger charge is -2.23. The van der Waals surface area contributed by atoms with Gasteiger partial charge in [-0.1, -0.05) is 13.0 Å². The molecular formula is C22H27FN6O. The van der Waals surface area contributed by atoms with E-state index in [9.17, 15) is 9.18 Å². The number of allylic oxidation sites excluding steroid dienone is 2. The fourth-order valence-corrected chi connectivity index (χ4v) is 3.59. The molecule has 2 aromatic rings. The second kappa shape index (κ2) is 9.47. The molecule has 0 saturated heterocycles. The van der Waals surface area contributed by atoms with Crippen LogP contribution in [0, 0.1) is 6.92 Å². The highest BCUT2D eigenvalue weighted by Gasteiger charge is 2.31. The van der Waals surface area contributed by atoms with Crippen LogP contribution >= 0.6 is 0 Å². The minimum atomic E-state index is -0.416. The van der Waals surface area contributed by atoms with Crippen LogP contribution < -0.4 is 4.90 Å². The molecule has 0 fully saturated rings. The molecule has 0 spiro atoms. The number of aromatic nitrogens is 3. The van der Waals surface area contributed by atoms with Gasteiger partial charge in [0.2, 0.25) is 0 Å². The second-order valence-corrected chi connectivity index (χ2v) is 7.08. The van der Waals surface area contributed by atoms with Gasteiger partial charge in [-0.3, -0.25) is 9.89 Å². The molecule has 7 nitrogen and oxygen atoms in total. The second-order valence-electron chi connectivity index (χ2n) is 7.08. The third-order valence-electron chi connectivity index (χ3n) is 4.88. The minimum absolute atomic E-state index is 0.234. The Bertz CT molecular complexity index is 988. The number of alkyl halides is 1. The summed E-state index contributed by atoms with van der Waals surface area (Å²) in [6, 6.07) is 3.65. The number of anilines is 1. The van der Waals surface area contributed by atoms with Gasteiger partial charge in [0, 0.05) is 31.0 Å². The number of rotatable bonds is 9. The highest BCUT2D eigenvalue weighted by molar-refractivity contribution is 5.83. The van der Waals surface area contributed by atoms with Crippen LogP contribution in [-0.4, -0.2) is 52.2 Å². The van der Waals surface area contributed by atoms with Crippen molar-refractivity contribution in [2.24, 2.45) is 4.99 Å². The lowest BCUT2D eigenvalue weighted by molar-refractivity contribution is 0.220. The largest absolute Gasteiger partial charge is 0.354 e. The smallest absolute Gasteiger partial charge is 0.349 e. The van der Waals surface area contributed by atoms with E-state index in [0.29, 0.717) is 24.5 Å². The van der Waals surface area contributed by atoms with Crippen molar-refractivity contribution >= 4 is 18.6 Å². The van der Waals surface area contributed by atoms with Crippen LogP contribution in [0.1, 0.15) is 31.5 Å². The third kappa shape index (κ3) is 4.17. The summed E-state index contributed by atoms with van der Waals surface area (Å²) in [5.74, 6) is 0.783. The zero-order chi connectivity index (χ0) is 21.7. The Kier molecular flexibility index (Phi) is 6.76. The number of carbonyl (C=O) groups is 1. The first kappa shape index (κ1) is 21.4. The highest BCUT2D eigenvalue weighted by Crippen LogP contribution is 2.28. The molecular weight excluding hydrogens is 383 g/mol. The molecule has 0 aliphatic carbocycles. The molecule has 2 aromatic heterocycles. The summed E-state index contributed by atoms with van der Waals surface area (Å²) in [7, 11) is 0. The first-order valence-corrected chi connectivity index (χ1v) is 10.0. The summed E-state index contributed by atoms with van der Waals surface area (Å²) < 4.78 is 14.3. The molecule has 0 unspecified atom stereocenters. The van der Waals surface area contributed by atoms with Crippen molar-refractivity contribution in [1.29, 1.82) is 0 Å². The van der Waals surface area contributed by atoms with Gasteiger partial charge >= 0.3 is 6.03 Å². The Morgan fingerprint density at radius 1 is 1.40 bits per heavy atom. The van der Waals surface area contributed by atoms with Crippen molar-refractivity contribution in [3.63, 3.8) is 0 Å². The molecule has 8 heteroatoms. The van der Waals surface area contributed by atoms with Crippen LogP contribution in [0.3, 0.4) is 0 Å². The van der Waals surface area contributed by atoms with Crippen LogP contribution in [0.4, 0.5) is 15.0 Å². The van der Waals surface area contributed by atoms with Crippen LogP contribution in [0.5, 0.6) is 0 Å². The van der Waals surface area contributed by atoms with Crippen LogP contribution in [0.25, 0.3) is 11.3 Å². The molecule has 0 N–H and O–H groups in total. The van der Waals surface area contributed by atoms with E-state index in [-0.39, 0.29) is 6.03 Å². The van der Waals surface area contributed by atoms with Gasteiger partial charge in [0.05, 0.1) is 23.6 Å². The molecule has 0 bridgehead atoms. The van der Waals surface area contributed by atoms with E-state index in [1.54, 1.807) is 17.3 Å². The van der Waals surface area contributed by atoms with Gasteiger partial charge in [0.1, 0.15) is 12.5 Å². The van der Waals surface area contributed by atoms with E-state index < -0.39 is 6.67 Å². The van der Waals surface area contributed by atoms with Gasteiger partial charge in [-0.25, -0.2) is 14.2 Å². The number of pyridine rings is 1. The number of aryl methyl sites for hydroxylation is 1. The summed E-state index contributed by atoms with van der Waals surface area (Å²) in [5, 5.41) is 4.50. The summed E-state index contributed by atoms with van der Waals surface area (Å²) in [5.41, 5.74) is 3.92. The minimum Gasteiger partial charge on any atom is -0.354 e. The van der Waals surface area contributed by atoms with Gasteiger partial charge in [-0.2, -0.15) is 9.78 Å². The topological polar surface area (TPSA) is 66.6 Å². The first-order valence-electron chi connectivity index (χ1n) is 10.0. The Morgan fingerprint density at radius 3 is 2.80 bits per heavy atom. The number of fused-ring (bicyclic) bond motifs is 1. The van der Waals surface area contributed by atoms with E-state index in [1.807, 2.05) is 43.0 Å². The lowest BCUT2D eigenvalue weighted by atomic mass is 10.1. The Hall–Kier alpha value is -3.29. The number of carbonyl (C=O) groups excluding carboxylic acids is 1. The summed E-state index contributed by atoms with van der Waals surface area (Å²) in [6.07, 6.45) is 7.86. The molecule has 1 aliphatic heterocycles. The Morgan fingerprint density at radius 2 is 2.20 bits per heavy atom. The molecule has 0 saturated carbocycles. The normalized spacial score (nSPS) is 13.9. The fourth-order valence-electron chi connectivity index (χ4n) is 3.59. The van der Waals surface area contributed by atoms with Gasteiger partial charge in [-0.15, -0.1) is 0 Å². The molecule has 1 aliphatic rings. The Labute approximate surface area is 176 Å². The number of amides is 1. The van der Waals surface area contributed by atoms with Crippen molar-refractivity contribution < 1.29 is 9.18 Å². The first-order chi connectivity index (χ1) is 14.5. The summed E-state index contributed by atoms with van der Waals surface area (Å²) in [4.78, 5) is 24.7. The average molecular weight is 410 g/mol. The molecule has 3 heterocycles. The van der Waals surface area contributed by atoms with Crippen LogP contribution in [0.15, 0.2) is 47.4 Å². The van der Waals surface area contributed by atoms with Gasteiger partial charge in [-0.05, 0) is 50.8 Å². The maximum absolute atomic E-state index is 12.9. The van der Waals surface area contributed by atoms with Crippen molar-refractivity contribution in [3.05, 3.63) is 53.6 Å². The zero-order valence-corrected chi connectivity index (χ0v) is 17.7. The predicted molar refractivity (Wildman–Crippen MR) is 117 cm³/mol. The third-order valence-corrected chi connectivity index (χ3v) is 4.88. The summed E-state index contributed by atoms with van der Waals surface area (Å²) in [6.45, 7) is 10.4. The predicted octanol–water partition coefficient (Wildman–Crippen LogP) is 4.34. The molecule has 30 heavy (non-hydrogen) atoms. The van der Waals surface area contributed by atoms with Crippen molar-refractivity contribution in [2.75, 3.05) is 24.7 Å². The number of nitrogens with zero attached hydrogens (tertiary/aromatic N) is 6. The fraction of sp³-hybridized carbons (Fsp3) is 0.364. The maximum atomic E-state index is 12.9. The highest BCUT2D eigenvalue weighted by atomic mass is 19.1. The molecule has 1 amide bonds. The van der Waals surface area contributed by atoms with Gasteiger partial charge in [0.25, 0.3) is 0 Å². The zero-order valence-electron chi connectivity index (χ0n) is 17.7. The van der Waals surface area contributed by atoms with E-state index >= 15 is 0 Å². The number of hydrogen-bond donors (Lipinski definition) is 0. The molecule has 0 atom stereocenters. The molecule has 3 rings (SSSR count). The van der Waals surface area contributed by atoms with Gasteiger partial charge < -0.3 is 4.90 Å². The number of hydrogen-bond acceptors (Lipinski definition) is 5. The van der Waals surface area contributed by atoms with E-state index in [1.165, 1.54) is 4.68 Å². The van der Waals surface area contributed by atoms with E-state index in [2.05, 4.69) is 28.7 Å². The van der Waals surface area contributed by atoms with E-state index in [0.717, 1.165) is 35.6 Å². The molecule has 0 radical (unpaired) electrons. The number of aliphatic imine (C=N–C) groups is 1. The quantitative estimate of drug-likeness (QED) is 0.456. The Balaban J connectivity index is 1.86. The lowest BCUT2D eigenvalue weighted by Crippen LogP contribution is -2.28.